The van der Waals surface area contributed by atoms with Crippen LogP contribution in [0.1, 0.15) is 25.7 Å². The van der Waals surface area contributed by atoms with E-state index in [0.717, 1.165) is 17.8 Å². The molecule has 0 heterocycles. The number of rotatable bonds is 5. The third kappa shape index (κ3) is 4.72. The second-order valence-corrected chi connectivity index (χ2v) is 5.20. The number of hydrogen-bond donors (Lipinski definition) is 1. The lowest BCUT2D eigenvalue weighted by Gasteiger charge is -2.28. The highest BCUT2D eigenvalue weighted by molar-refractivity contribution is 7.99. The van der Waals surface area contributed by atoms with Crippen molar-refractivity contribution in [3.63, 3.8) is 0 Å². The highest BCUT2D eigenvalue weighted by Crippen LogP contribution is 2.26. The summed E-state index contributed by atoms with van der Waals surface area (Å²) in [5.41, 5.74) is 0. The third-order valence-electron chi connectivity index (χ3n) is 2.74. The fraction of sp³-hybridized carbons (Fsp3) is 0.818. The van der Waals surface area contributed by atoms with E-state index >= 15 is 0 Å². The molecule has 0 spiro atoms. The van der Waals surface area contributed by atoms with Crippen LogP contribution in [0.4, 0.5) is 0 Å². The number of allylic oxidation sites excluding steroid dienone is 1. The van der Waals surface area contributed by atoms with Crippen LogP contribution in [-0.2, 0) is 0 Å². The van der Waals surface area contributed by atoms with Crippen LogP contribution < -0.4 is 5.32 Å². The van der Waals surface area contributed by atoms with Gasteiger partial charge in [-0.3, -0.25) is 0 Å². The van der Waals surface area contributed by atoms with Gasteiger partial charge in [-0.05, 0) is 25.5 Å². The molecule has 2 unspecified atom stereocenters. The van der Waals surface area contributed by atoms with Crippen LogP contribution in [0.25, 0.3) is 0 Å². The molecule has 0 aromatic carbocycles. The molecule has 14 heavy (non-hydrogen) atoms. The predicted octanol–water partition coefficient (Wildman–Crippen LogP) is 3.05. The van der Waals surface area contributed by atoms with Crippen molar-refractivity contribution in [2.45, 2.75) is 37.0 Å². The molecule has 0 amide bonds. The minimum Gasteiger partial charge on any atom is -0.310 e. The Morgan fingerprint density at radius 3 is 3.00 bits per heavy atom. The maximum atomic E-state index is 5.55. The summed E-state index contributed by atoms with van der Waals surface area (Å²) < 4.78 is 0. The third-order valence-corrected chi connectivity index (χ3v) is 4.01. The Morgan fingerprint density at radius 1 is 1.43 bits per heavy atom. The first-order valence-corrected chi connectivity index (χ1v) is 7.16. The Labute approximate surface area is 96.7 Å². The number of thioether (sulfide) groups is 1. The van der Waals surface area contributed by atoms with Gasteiger partial charge in [0.2, 0.25) is 0 Å². The second kappa shape index (κ2) is 7.61. The Hall–Kier alpha value is 0.340. The zero-order valence-corrected chi connectivity index (χ0v) is 10.4. The summed E-state index contributed by atoms with van der Waals surface area (Å²) in [6.45, 7) is 0.971. The monoisotopic (exact) mass is 233 g/mol. The molecule has 0 saturated heterocycles. The molecule has 82 valence electrons. The SMILES string of the molecule is CSC1CCCC(NC/C=C/CCl)C1. The van der Waals surface area contributed by atoms with Gasteiger partial charge in [-0.1, -0.05) is 18.6 Å². The standard InChI is InChI=1S/C11H20ClNS/c1-14-11-6-4-5-10(9-11)13-8-3-2-7-12/h2-3,10-11,13H,4-9H2,1H3/b3-2+. The Bertz CT molecular complexity index is 173. The van der Waals surface area contributed by atoms with Gasteiger partial charge in [0.05, 0.1) is 0 Å². The fourth-order valence-corrected chi connectivity index (χ4v) is 2.88. The number of nitrogens with one attached hydrogen (secondary N) is 1. The molecule has 1 aliphatic rings. The van der Waals surface area contributed by atoms with Crippen molar-refractivity contribution in [1.82, 2.24) is 5.32 Å². The zero-order valence-electron chi connectivity index (χ0n) is 8.84. The summed E-state index contributed by atoms with van der Waals surface area (Å²) >= 11 is 7.56. The average molecular weight is 234 g/mol. The molecule has 3 heteroatoms. The van der Waals surface area contributed by atoms with Crippen LogP contribution in [-0.4, -0.2) is 30.0 Å². The van der Waals surface area contributed by atoms with Crippen LogP contribution >= 0.6 is 23.4 Å². The lowest BCUT2D eigenvalue weighted by atomic mass is 9.95. The first kappa shape index (κ1) is 12.4. The van der Waals surface area contributed by atoms with Gasteiger partial charge < -0.3 is 5.32 Å². The van der Waals surface area contributed by atoms with Gasteiger partial charge in [0.15, 0.2) is 0 Å². The van der Waals surface area contributed by atoms with Crippen molar-refractivity contribution >= 4 is 23.4 Å². The highest BCUT2D eigenvalue weighted by atomic mass is 35.5. The van der Waals surface area contributed by atoms with Crippen molar-refractivity contribution in [3.05, 3.63) is 12.2 Å². The van der Waals surface area contributed by atoms with E-state index in [1.54, 1.807) is 0 Å². The summed E-state index contributed by atoms with van der Waals surface area (Å²) in [5, 5.41) is 4.44. The van der Waals surface area contributed by atoms with E-state index in [0.29, 0.717) is 5.88 Å². The van der Waals surface area contributed by atoms with Crippen LogP contribution in [0.2, 0.25) is 0 Å². The molecule has 0 aliphatic heterocycles. The van der Waals surface area contributed by atoms with Crippen molar-refractivity contribution < 1.29 is 0 Å². The van der Waals surface area contributed by atoms with Gasteiger partial charge in [0.25, 0.3) is 0 Å². The topological polar surface area (TPSA) is 12.0 Å². The minimum atomic E-state index is 0.625. The van der Waals surface area contributed by atoms with E-state index in [-0.39, 0.29) is 0 Å². The van der Waals surface area contributed by atoms with Crippen LogP contribution in [0.5, 0.6) is 0 Å². The van der Waals surface area contributed by atoms with Crippen LogP contribution in [0.15, 0.2) is 12.2 Å². The molecular weight excluding hydrogens is 214 g/mol. The Morgan fingerprint density at radius 2 is 2.29 bits per heavy atom. The van der Waals surface area contributed by atoms with E-state index in [1.807, 2.05) is 17.8 Å². The van der Waals surface area contributed by atoms with Gasteiger partial charge in [0.1, 0.15) is 0 Å². The summed E-state index contributed by atoms with van der Waals surface area (Å²) in [6.07, 6.45) is 11.8. The maximum Gasteiger partial charge on any atom is 0.0404 e. The molecule has 1 N–H and O–H groups in total. The number of halogens is 1. The molecule has 1 fully saturated rings. The molecule has 0 aromatic rings. The smallest absolute Gasteiger partial charge is 0.0404 e. The molecule has 1 saturated carbocycles. The number of hydrogen-bond acceptors (Lipinski definition) is 2. The van der Waals surface area contributed by atoms with Gasteiger partial charge in [-0.2, -0.15) is 11.8 Å². The lowest BCUT2D eigenvalue weighted by Crippen LogP contribution is -2.35. The normalized spacial score (nSPS) is 28.4. The minimum absolute atomic E-state index is 0.625. The quantitative estimate of drug-likeness (QED) is 0.579. The van der Waals surface area contributed by atoms with Crippen LogP contribution in [0.3, 0.4) is 0 Å². The number of alkyl halides is 1. The van der Waals surface area contributed by atoms with Crippen LogP contribution in [0, 0.1) is 0 Å². The summed E-state index contributed by atoms with van der Waals surface area (Å²) in [5.74, 6) is 0.625. The Kier molecular flexibility index (Phi) is 6.74. The zero-order chi connectivity index (χ0) is 10.2. The first-order valence-electron chi connectivity index (χ1n) is 5.34. The van der Waals surface area contributed by atoms with E-state index in [1.165, 1.54) is 25.7 Å². The lowest BCUT2D eigenvalue weighted by molar-refractivity contribution is 0.393. The van der Waals surface area contributed by atoms with Gasteiger partial charge in [0, 0.05) is 23.7 Å². The average Bonchev–Trinajstić information content (AvgIpc) is 2.25. The summed E-state index contributed by atoms with van der Waals surface area (Å²) in [4.78, 5) is 0. The Balaban J connectivity index is 2.14. The van der Waals surface area contributed by atoms with E-state index in [4.69, 9.17) is 11.6 Å². The summed E-state index contributed by atoms with van der Waals surface area (Å²) in [6, 6.07) is 0.723. The molecule has 1 rings (SSSR count). The van der Waals surface area contributed by atoms with Gasteiger partial charge in [-0.25, -0.2) is 0 Å². The molecule has 0 bridgehead atoms. The van der Waals surface area contributed by atoms with Gasteiger partial charge >= 0.3 is 0 Å². The van der Waals surface area contributed by atoms with Crippen molar-refractivity contribution in [3.8, 4) is 0 Å². The predicted molar refractivity (Wildman–Crippen MR) is 67.4 cm³/mol. The van der Waals surface area contributed by atoms with Crippen molar-refractivity contribution in [2.75, 3.05) is 18.7 Å². The van der Waals surface area contributed by atoms with Crippen molar-refractivity contribution in [2.24, 2.45) is 0 Å². The molecule has 0 aromatic heterocycles. The largest absolute Gasteiger partial charge is 0.310 e. The van der Waals surface area contributed by atoms with E-state index < -0.39 is 0 Å². The molecule has 1 aliphatic carbocycles. The molecule has 2 atom stereocenters. The van der Waals surface area contributed by atoms with Gasteiger partial charge in [-0.15, -0.1) is 11.6 Å². The molecular formula is C11H20ClNS. The van der Waals surface area contributed by atoms with E-state index in [9.17, 15) is 0 Å². The molecule has 1 nitrogen and oxygen atoms in total. The summed E-state index contributed by atoms with van der Waals surface area (Å²) in [7, 11) is 0. The van der Waals surface area contributed by atoms with E-state index in [2.05, 4.69) is 17.6 Å². The molecule has 0 radical (unpaired) electrons. The highest BCUT2D eigenvalue weighted by Gasteiger charge is 2.19. The first-order chi connectivity index (χ1) is 6.86. The fourth-order valence-electron chi connectivity index (χ4n) is 1.93. The maximum absolute atomic E-state index is 5.55. The second-order valence-electron chi connectivity index (χ2n) is 3.76. The van der Waals surface area contributed by atoms with Crippen molar-refractivity contribution in [1.29, 1.82) is 0 Å².